The quantitative estimate of drug-likeness (QED) is 0.748. The molecule has 0 unspecified atom stereocenters. The van der Waals surface area contributed by atoms with Crippen LogP contribution in [0.5, 0.6) is 0 Å². The second kappa shape index (κ2) is 6.53. The molecule has 5 nitrogen and oxygen atoms in total. The zero-order chi connectivity index (χ0) is 13.5. The normalized spacial score (nSPS) is 10.2. The van der Waals surface area contributed by atoms with Crippen LogP contribution in [0.25, 0.3) is 0 Å². The third kappa shape index (κ3) is 4.77. The van der Waals surface area contributed by atoms with Gasteiger partial charge in [-0.15, -0.1) is 0 Å². The van der Waals surface area contributed by atoms with E-state index in [9.17, 15) is 18.4 Å². The minimum atomic E-state index is -2.59. The zero-order valence-corrected chi connectivity index (χ0v) is 9.32. The summed E-state index contributed by atoms with van der Waals surface area (Å²) in [6.07, 6.45) is -2.59. The van der Waals surface area contributed by atoms with Gasteiger partial charge in [-0.25, -0.2) is 18.4 Å². The third-order valence-corrected chi connectivity index (χ3v) is 2.07. The summed E-state index contributed by atoms with van der Waals surface area (Å²) in [5.41, 5.74) is 0.813. The number of hydrogen-bond donors (Lipinski definition) is 3. The molecule has 0 bridgehead atoms. The number of carbonyl (C=O) groups excluding carboxylic acids is 1. The lowest BCUT2D eigenvalue weighted by Gasteiger charge is -2.07. The van der Waals surface area contributed by atoms with Crippen molar-refractivity contribution in [2.24, 2.45) is 0 Å². The minimum Gasteiger partial charge on any atom is -0.478 e. The fourth-order valence-electron chi connectivity index (χ4n) is 1.18. The van der Waals surface area contributed by atoms with Gasteiger partial charge in [0.2, 0.25) is 0 Å². The molecule has 0 aliphatic rings. The van der Waals surface area contributed by atoms with Crippen molar-refractivity contribution in [1.82, 2.24) is 10.6 Å². The van der Waals surface area contributed by atoms with Gasteiger partial charge in [0.25, 0.3) is 6.43 Å². The Morgan fingerprint density at radius 3 is 2.28 bits per heavy atom. The number of carboxylic acid groups (broad SMARTS) is 1. The van der Waals surface area contributed by atoms with Crippen LogP contribution >= 0.6 is 0 Å². The van der Waals surface area contributed by atoms with Gasteiger partial charge < -0.3 is 15.7 Å². The second-order valence-corrected chi connectivity index (χ2v) is 3.46. The SMILES string of the molecule is O=C(NCc1ccc(C(=O)O)cc1)NCC(F)F. The summed E-state index contributed by atoms with van der Waals surface area (Å²) in [4.78, 5) is 21.6. The molecule has 0 fully saturated rings. The number of carboxylic acids is 1. The minimum absolute atomic E-state index is 0.134. The molecule has 98 valence electrons. The molecule has 18 heavy (non-hydrogen) atoms. The van der Waals surface area contributed by atoms with Crippen LogP contribution in [-0.2, 0) is 6.54 Å². The fourth-order valence-corrected chi connectivity index (χ4v) is 1.18. The largest absolute Gasteiger partial charge is 0.478 e. The van der Waals surface area contributed by atoms with Crippen molar-refractivity contribution in [2.75, 3.05) is 6.54 Å². The van der Waals surface area contributed by atoms with Crippen molar-refractivity contribution in [2.45, 2.75) is 13.0 Å². The molecule has 0 saturated carbocycles. The van der Waals surface area contributed by atoms with Crippen LogP contribution < -0.4 is 10.6 Å². The molecule has 0 aliphatic heterocycles. The van der Waals surface area contributed by atoms with Gasteiger partial charge in [-0.1, -0.05) is 12.1 Å². The molecule has 0 atom stereocenters. The van der Waals surface area contributed by atoms with E-state index in [1.807, 2.05) is 5.32 Å². The number of halogens is 2. The topological polar surface area (TPSA) is 78.4 Å². The monoisotopic (exact) mass is 258 g/mol. The van der Waals surface area contributed by atoms with Crippen molar-refractivity contribution in [3.05, 3.63) is 35.4 Å². The van der Waals surface area contributed by atoms with Gasteiger partial charge in [0.05, 0.1) is 12.1 Å². The van der Waals surface area contributed by atoms with E-state index in [4.69, 9.17) is 5.11 Å². The Morgan fingerprint density at radius 2 is 1.78 bits per heavy atom. The van der Waals surface area contributed by atoms with E-state index in [0.29, 0.717) is 5.56 Å². The van der Waals surface area contributed by atoms with E-state index in [1.165, 1.54) is 24.3 Å². The van der Waals surface area contributed by atoms with Gasteiger partial charge in [-0.05, 0) is 17.7 Å². The Hall–Kier alpha value is -2.18. The van der Waals surface area contributed by atoms with Crippen LogP contribution in [0.15, 0.2) is 24.3 Å². The first kappa shape index (κ1) is 13.9. The highest BCUT2D eigenvalue weighted by Crippen LogP contribution is 2.04. The molecule has 0 heterocycles. The molecule has 1 rings (SSSR count). The number of carbonyl (C=O) groups is 2. The van der Waals surface area contributed by atoms with Crippen LogP contribution in [0, 0.1) is 0 Å². The first-order chi connectivity index (χ1) is 8.49. The van der Waals surface area contributed by atoms with Gasteiger partial charge in [0.1, 0.15) is 0 Å². The molecular weight excluding hydrogens is 246 g/mol. The summed E-state index contributed by atoms with van der Waals surface area (Å²) in [6, 6.07) is 5.18. The Balaban J connectivity index is 2.39. The summed E-state index contributed by atoms with van der Waals surface area (Å²) in [5.74, 6) is -1.04. The number of alkyl halides is 2. The Bertz CT molecular complexity index is 421. The number of benzene rings is 1. The van der Waals surface area contributed by atoms with E-state index in [-0.39, 0.29) is 12.1 Å². The van der Waals surface area contributed by atoms with E-state index in [0.717, 1.165) is 0 Å². The van der Waals surface area contributed by atoms with Crippen molar-refractivity contribution >= 4 is 12.0 Å². The first-order valence-electron chi connectivity index (χ1n) is 5.11. The third-order valence-electron chi connectivity index (χ3n) is 2.07. The standard InChI is InChI=1S/C11H12F2N2O3/c12-9(13)6-15-11(18)14-5-7-1-3-8(4-2-7)10(16)17/h1-4,9H,5-6H2,(H,16,17)(H2,14,15,18). The van der Waals surface area contributed by atoms with Gasteiger partial charge in [0.15, 0.2) is 0 Å². The Kier molecular flexibility index (Phi) is 5.04. The lowest BCUT2D eigenvalue weighted by molar-refractivity contribution is 0.0697. The lowest BCUT2D eigenvalue weighted by Crippen LogP contribution is -2.37. The number of nitrogens with one attached hydrogen (secondary N) is 2. The van der Waals surface area contributed by atoms with E-state index in [2.05, 4.69) is 5.32 Å². The predicted molar refractivity (Wildman–Crippen MR) is 59.6 cm³/mol. The van der Waals surface area contributed by atoms with Crippen molar-refractivity contribution < 1.29 is 23.5 Å². The second-order valence-electron chi connectivity index (χ2n) is 3.46. The zero-order valence-electron chi connectivity index (χ0n) is 9.32. The summed E-state index contributed by atoms with van der Waals surface area (Å²) in [7, 11) is 0. The molecular formula is C11H12F2N2O3. The molecule has 7 heteroatoms. The average Bonchev–Trinajstić information content (AvgIpc) is 2.34. The Labute approximate surface area is 102 Å². The molecule has 3 N–H and O–H groups in total. The summed E-state index contributed by atoms with van der Waals surface area (Å²) < 4.78 is 23.6. The maximum absolute atomic E-state index is 11.8. The maximum atomic E-state index is 11.8. The number of amides is 2. The predicted octanol–water partition coefficient (Wildman–Crippen LogP) is 1.45. The number of rotatable bonds is 5. The van der Waals surface area contributed by atoms with E-state index in [1.54, 1.807) is 0 Å². The summed E-state index contributed by atoms with van der Waals surface area (Å²) in [6.45, 7) is -0.571. The average molecular weight is 258 g/mol. The Morgan fingerprint density at radius 1 is 1.17 bits per heavy atom. The first-order valence-corrected chi connectivity index (χ1v) is 5.11. The fraction of sp³-hybridized carbons (Fsp3) is 0.273. The maximum Gasteiger partial charge on any atom is 0.335 e. The van der Waals surface area contributed by atoms with Crippen LogP contribution in [0.2, 0.25) is 0 Å². The molecule has 0 aliphatic carbocycles. The highest BCUT2D eigenvalue weighted by molar-refractivity contribution is 5.87. The van der Waals surface area contributed by atoms with Crippen LogP contribution in [0.4, 0.5) is 13.6 Å². The van der Waals surface area contributed by atoms with Crippen LogP contribution in [0.3, 0.4) is 0 Å². The van der Waals surface area contributed by atoms with Crippen molar-refractivity contribution in [3.8, 4) is 0 Å². The van der Waals surface area contributed by atoms with Crippen molar-refractivity contribution in [3.63, 3.8) is 0 Å². The van der Waals surface area contributed by atoms with Gasteiger partial charge in [-0.3, -0.25) is 0 Å². The highest BCUT2D eigenvalue weighted by atomic mass is 19.3. The van der Waals surface area contributed by atoms with Gasteiger partial charge >= 0.3 is 12.0 Å². The summed E-state index contributed by atoms with van der Waals surface area (Å²) >= 11 is 0. The molecule has 1 aromatic carbocycles. The molecule has 0 radical (unpaired) electrons. The number of urea groups is 1. The van der Waals surface area contributed by atoms with E-state index < -0.39 is 25.0 Å². The smallest absolute Gasteiger partial charge is 0.335 e. The van der Waals surface area contributed by atoms with Gasteiger partial charge in [-0.2, -0.15) is 0 Å². The summed E-state index contributed by atoms with van der Waals surface area (Å²) in [5, 5.41) is 13.0. The van der Waals surface area contributed by atoms with Crippen molar-refractivity contribution in [1.29, 1.82) is 0 Å². The molecule has 0 aromatic heterocycles. The van der Waals surface area contributed by atoms with Gasteiger partial charge in [0, 0.05) is 6.54 Å². The molecule has 2 amide bonds. The molecule has 1 aromatic rings. The number of hydrogen-bond acceptors (Lipinski definition) is 2. The molecule has 0 saturated heterocycles. The van der Waals surface area contributed by atoms with E-state index >= 15 is 0 Å². The molecule has 0 spiro atoms. The van der Waals surface area contributed by atoms with Crippen LogP contribution in [-0.4, -0.2) is 30.1 Å². The lowest BCUT2D eigenvalue weighted by atomic mass is 10.1. The van der Waals surface area contributed by atoms with Crippen LogP contribution in [0.1, 0.15) is 15.9 Å². The number of aromatic carboxylic acids is 1. The highest BCUT2D eigenvalue weighted by Gasteiger charge is 2.06.